The molecule has 5 aromatic carbocycles. The Hall–Kier alpha value is -6.29. The van der Waals surface area contributed by atoms with E-state index in [0.29, 0.717) is 22.0 Å². The number of thioether (sulfide) groups is 1. The zero-order valence-corrected chi connectivity index (χ0v) is 29.4. The number of nitrogens with one attached hydrogen (secondary N) is 3. The Kier molecular flexibility index (Phi) is 12.5. The molecule has 0 aliphatic rings. The van der Waals surface area contributed by atoms with Crippen LogP contribution in [0.15, 0.2) is 114 Å². The molecule has 8 nitrogen and oxygen atoms in total. The number of para-hydroxylation sites is 1. The van der Waals surface area contributed by atoms with Crippen LogP contribution in [0, 0.1) is 23.3 Å². The van der Waals surface area contributed by atoms with Crippen LogP contribution < -0.4 is 25.4 Å². The number of rotatable bonds is 12. The van der Waals surface area contributed by atoms with E-state index >= 15 is 0 Å². The lowest BCUT2D eigenvalue weighted by Crippen LogP contribution is -2.30. The van der Waals surface area contributed by atoms with Crippen LogP contribution in [0.2, 0.25) is 0 Å². The molecular formula is C39H28F7N3O5S. The minimum Gasteiger partial charge on any atom is -0.493 e. The third-order valence-electron chi connectivity index (χ3n) is 7.76. The zero-order chi connectivity index (χ0) is 39.9. The molecule has 284 valence electrons. The van der Waals surface area contributed by atoms with E-state index in [4.69, 9.17) is 9.47 Å². The van der Waals surface area contributed by atoms with Gasteiger partial charge in [-0.2, -0.15) is 13.2 Å². The third-order valence-corrected chi connectivity index (χ3v) is 9.03. The Balaban J connectivity index is 1.40. The van der Waals surface area contributed by atoms with Gasteiger partial charge in [0.2, 0.25) is 5.91 Å². The van der Waals surface area contributed by atoms with Crippen molar-refractivity contribution in [3.05, 3.63) is 154 Å². The van der Waals surface area contributed by atoms with Crippen molar-refractivity contribution >= 4 is 46.9 Å². The molecule has 0 spiro atoms. The first-order valence-electron chi connectivity index (χ1n) is 15.9. The summed E-state index contributed by atoms with van der Waals surface area (Å²) >= 11 is 0.815. The molecule has 0 saturated heterocycles. The smallest absolute Gasteiger partial charge is 0.422 e. The molecule has 0 aliphatic carbocycles. The second-order valence-electron chi connectivity index (χ2n) is 11.3. The van der Waals surface area contributed by atoms with Gasteiger partial charge < -0.3 is 25.4 Å². The van der Waals surface area contributed by atoms with E-state index in [1.165, 1.54) is 68.8 Å². The average Bonchev–Trinajstić information content (AvgIpc) is 3.18. The number of hydrogen-bond donors (Lipinski definition) is 3. The first-order valence-corrected chi connectivity index (χ1v) is 16.8. The summed E-state index contributed by atoms with van der Waals surface area (Å²) in [6.45, 7) is 0. The van der Waals surface area contributed by atoms with Crippen LogP contribution >= 0.6 is 11.8 Å². The highest BCUT2D eigenvalue weighted by atomic mass is 32.2. The van der Waals surface area contributed by atoms with E-state index in [9.17, 15) is 45.1 Å². The van der Waals surface area contributed by atoms with Gasteiger partial charge in [0.25, 0.3) is 11.8 Å². The number of ether oxygens (including phenoxy) is 2. The zero-order valence-electron chi connectivity index (χ0n) is 28.6. The molecule has 0 aliphatic heterocycles. The SMILES string of the molecule is COc1cccc(/C=C(\NC(=O)c2ccccc2)C(=O)Nc2ccc(SC(C(=O)Nc3c(F)c(F)c(C(F)(F)F)c(F)c3F)c3ccccc3)cc2)c1OC. The molecule has 55 heavy (non-hydrogen) atoms. The van der Waals surface area contributed by atoms with Crippen molar-refractivity contribution in [1.29, 1.82) is 0 Å². The quantitative estimate of drug-likeness (QED) is 0.0505. The summed E-state index contributed by atoms with van der Waals surface area (Å²) in [4.78, 5) is 40.5. The molecule has 16 heteroatoms. The molecule has 1 unspecified atom stereocenters. The number of carbonyl (C=O) groups excluding carboxylic acids is 3. The monoisotopic (exact) mass is 783 g/mol. The number of hydrogen-bond acceptors (Lipinski definition) is 6. The number of benzene rings is 5. The maximum absolute atomic E-state index is 14.7. The first kappa shape index (κ1) is 39.9. The summed E-state index contributed by atoms with van der Waals surface area (Å²) < 4.78 is 108. The highest BCUT2D eigenvalue weighted by Crippen LogP contribution is 2.41. The van der Waals surface area contributed by atoms with Gasteiger partial charge in [-0.05, 0) is 54.1 Å². The van der Waals surface area contributed by atoms with Crippen molar-refractivity contribution < 1.29 is 54.6 Å². The largest absolute Gasteiger partial charge is 0.493 e. The number of halogens is 7. The maximum atomic E-state index is 14.7. The molecule has 3 N–H and O–H groups in total. The van der Waals surface area contributed by atoms with Crippen molar-refractivity contribution in [2.24, 2.45) is 0 Å². The van der Waals surface area contributed by atoms with Crippen molar-refractivity contribution in [2.75, 3.05) is 24.9 Å². The van der Waals surface area contributed by atoms with Crippen LogP contribution in [0.25, 0.3) is 6.08 Å². The fraction of sp³-hybridized carbons (Fsp3) is 0.103. The molecular weight excluding hydrogens is 755 g/mol. The van der Waals surface area contributed by atoms with Crippen molar-refractivity contribution in [3.8, 4) is 11.5 Å². The van der Waals surface area contributed by atoms with Gasteiger partial charge in [-0.3, -0.25) is 14.4 Å². The molecule has 0 aromatic heterocycles. The van der Waals surface area contributed by atoms with Gasteiger partial charge in [-0.15, -0.1) is 11.8 Å². The molecule has 0 radical (unpaired) electrons. The molecule has 3 amide bonds. The van der Waals surface area contributed by atoms with E-state index in [1.54, 1.807) is 59.9 Å². The minimum atomic E-state index is -5.76. The maximum Gasteiger partial charge on any atom is 0.422 e. The highest BCUT2D eigenvalue weighted by Gasteiger charge is 2.43. The predicted molar refractivity (Wildman–Crippen MR) is 191 cm³/mol. The Morgan fingerprint density at radius 1 is 0.709 bits per heavy atom. The Bertz CT molecular complexity index is 2210. The molecule has 5 aromatic rings. The lowest BCUT2D eigenvalue weighted by Gasteiger charge is -2.19. The summed E-state index contributed by atoms with van der Waals surface area (Å²) in [5, 5.41) is 5.63. The summed E-state index contributed by atoms with van der Waals surface area (Å²) in [5.74, 6) is -12.2. The Morgan fingerprint density at radius 3 is 1.87 bits per heavy atom. The topological polar surface area (TPSA) is 106 Å². The van der Waals surface area contributed by atoms with Gasteiger partial charge in [0.1, 0.15) is 22.2 Å². The normalized spacial score (nSPS) is 12.1. The fourth-order valence-corrected chi connectivity index (χ4v) is 6.18. The standard InChI is InChI=1S/C39H28F7N3O5S/c1-53-27-15-9-14-23(34(27)54-2)20-26(48-36(50)22-12-7-4-8-13-22)37(51)47-24-16-18-25(19-17-24)55-35(21-10-5-3-6-11-21)38(52)49-33-31(42)29(40)28(39(44,45)46)30(41)32(33)43/h3-20,35H,1-2H3,(H,47,51)(H,48,50)(H,49,52)/b26-20-. The summed E-state index contributed by atoms with van der Waals surface area (Å²) in [5.41, 5.74) is -3.52. The Morgan fingerprint density at radius 2 is 1.31 bits per heavy atom. The number of alkyl halides is 3. The third kappa shape index (κ3) is 9.27. The fourth-order valence-electron chi connectivity index (χ4n) is 5.15. The van der Waals surface area contributed by atoms with Crippen molar-refractivity contribution in [3.63, 3.8) is 0 Å². The van der Waals surface area contributed by atoms with Crippen molar-refractivity contribution in [1.82, 2.24) is 5.32 Å². The molecule has 1 atom stereocenters. The van der Waals surface area contributed by atoms with Crippen LogP contribution in [-0.4, -0.2) is 31.9 Å². The van der Waals surface area contributed by atoms with E-state index in [-0.39, 0.29) is 22.5 Å². The van der Waals surface area contributed by atoms with Crippen LogP contribution in [0.3, 0.4) is 0 Å². The van der Waals surface area contributed by atoms with Gasteiger partial charge in [0, 0.05) is 21.7 Å². The van der Waals surface area contributed by atoms with Crippen LogP contribution in [0.4, 0.5) is 42.1 Å². The molecule has 5 rings (SSSR count). The average molecular weight is 784 g/mol. The molecule has 0 fully saturated rings. The van der Waals surface area contributed by atoms with Gasteiger partial charge >= 0.3 is 6.18 Å². The van der Waals surface area contributed by atoms with Crippen LogP contribution in [0.1, 0.15) is 32.3 Å². The number of carbonyl (C=O) groups is 3. The second kappa shape index (κ2) is 17.2. The lowest BCUT2D eigenvalue weighted by molar-refractivity contribution is -0.143. The highest BCUT2D eigenvalue weighted by molar-refractivity contribution is 8.00. The van der Waals surface area contributed by atoms with Crippen LogP contribution in [-0.2, 0) is 15.8 Å². The van der Waals surface area contributed by atoms with E-state index in [2.05, 4.69) is 10.6 Å². The van der Waals surface area contributed by atoms with E-state index < -0.39 is 63.7 Å². The molecule has 0 bridgehead atoms. The van der Waals surface area contributed by atoms with Crippen LogP contribution in [0.5, 0.6) is 11.5 Å². The van der Waals surface area contributed by atoms with Gasteiger partial charge in [-0.1, -0.05) is 60.7 Å². The first-order chi connectivity index (χ1) is 26.2. The number of amides is 3. The molecule has 0 heterocycles. The van der Waals surface area contributed by atoms with Gasteiger partial charge in [0.15, 0.2) is 34.8 Å². The summed E-state index contributed by atoms with van der Waals surface area (Å²) in [6.07, 6.45) is -4.37. The van der Waals surface area contributed by atoms with E-state index in [1.807, 2.05) is 0 Å². The number of methoxy groups -OCH3 is 2. The van der Waals surface area contributed by atoms with Gasteiger partial charge in [-0.25, -0.2) is 17.6 Å². The number of anilines is 2. The minimum absolute atomic E-state index is 0.171. The summed E-state index contributed by atoms with van der Waals surface area (Å²) in [7, 11) is 2.85. The summed E-state index contributed by atoms with van der Waals surface area (Å²) in [6, 6.07) is 26.6. The molecule has 0 saturated carbocycles. The Labute approximate surface area is 313 Å². The second-order valence-corrected chi connectivity index (χ2v) is 12.5. The predicted octanol–water partition coefficient (Wildman–Crippen LogP) is 9.16. The van der Waals surface area contributed by atoms with E-state index in [0.717, 1.165) is 11.8 Å². The van der Waals surface area contributed by atoms with Crippen molar-refractivity contribution in [2.45, 2.75) is 16.3 Å². The van der Waals surface area contributed by atoms with Gasteiger partial charge in [0.05, 0.1) is 14.2 Å². The lowest BCUT2D eigenvalue weighted by atomic mass is 10.1.